The van der Waals surface area contributed by atoms with E-state index >= 15 is 0 Å². The molecule has 2 heterocycles. The predicted octanol–water partition coefficient (Wildman–Crippen LogP) is 3.10. The average Bonchev–Trinajstić information content (AvgIpc) is 3.19. The van der Waals surface area contributed by atoms with Crippen LogP contribution in [0.2, 0.25) is 0 Å². The van der Waals surface area contributed by atoms with E-state index in [-0.39, 0.29) is 12.3 Å². The van der Waals surface area contributed by atoms with Crippen LogP contribution in [0.15, 0.2) is 79.1 Å². The Morgan fingerprint density at radius 2 is 1.83 bits per heavy atom. The number of nitrogens with zero attached hydrogens (tertiary/aromatic N) is 2. The molecule has 4 N–H and O–H groups in total. The summed E-state index contributed by atoms with van der Waals surface area (Å²) < 4.78 is 13.6. The lowest BCUT2D eigenvalue weighted by Gasteiger charge is -2.40. The van der Waals surface area contributed by atoms with Crippen molar-refractivity contribution >= 4 is 29.7 Å². The lowest BCUT2D eigenvalue weighted by molar-refractivity contribution is -0.126. The van der Waals surface area contributed by atoms with Gasteiger partial charge in [0.05, 0.1) is 23.1 Å². The van der Waals surface area contributed by atoms with E-state index in [1.165, 1.54) is 31.5 Å². The second-order valence-corrected chi connectivity index (χ2v) is 10.3. The minimum Gasteiger partial charge on any atom is -0.345 e. The van der Waals surface area contributed by atoms with Crippen LogP contribution >= 0.6 is 0 Å². The van der Waals surface area contributed by atoms with Gasteiger partial charge in [-0.25, -0.2) is 4.39 Å². The van der Waals surface area contributed by atoms with Crippen LogP contribution in [0.3, 0.4) is 0 Å². The summed E-state index contributed by atoms with van der Waals surface area (Å²) in [6.45, 7) is 1.96. The Balaban J connectivity index is 1.57. The number of rotatable bonds is 10. The number of hydrogen-bond acceptors (Lipinski definition) is 6. The van der Waals surface area contributed by atoms with Crippen LogP contribution in [-0.4, -0.2) is 47.6 Å². The average molecular weight is 560 g/mol. The number of nitrogens with one attached hydrogen (secondary N) is 2. The quantitative estimate of drug-likeness (QED) is 0.327. The minimum atomic E-state index is -1.32. The molecule has 1 aromatic heterocycles. The number of benzene rings is 2. The van der Waals surface area contributed by atoms with E-state index in [0.29, 0.717) is 36.1 Å². The Morgan fingerprint density at radius 1 is 1.10 bits per heavy atom. The number of pyridine rings is 1. The number of hydrogen-bond donors (Lipinski definition) is 3. The molecule has 41 heavy (non-hydrogen) atoms. The third-order valence-corrected chi connectivity index (χ3v) is 7.47. The number of aromatic nitrogens is 1. The molecule has 1 aliphatic rings. The molecule has 1 saturated heterocycles. The fraction of sp³-hybridized carbons (Fsp3) is 0.323. The molecule has 2 aromatic carbocycles. The third-order valence-electron chi connectivity index (χ3n) is 7.47. The molecule has 4 rings (SSSR count). The molecule has 0 spiro atoms. The van der Waals surface area contributed by atoms with Gasteiger partial charge in [-0.2, -0.15) is 0 Å². The second kappa shape index (κ2) is 13.3. The number of amides is 3. The Labute approximate surface area is 238 Å². The zero-order chi connectivity index (χ0) is 29.4. The number of carbonyl (C=O) groups excluding carboxylic acids is 4. The monoisotopic (exact) mass is 559 g/mol. The van der Waals surface area contributed by atoms with E-state index in [2.05, 4.69) is 15.6 Å². The van der Waals surface area contributed by atoms with Gasteiger partial charge in [0.2, 0.25) is 11.8 Å². The number of halogens is 1. The van der Waals surface area contributed by atoms with Gasteiger partial charge in [0.25, 0.3) is 5.91 Å². The van der Waals surface area contributed by atoms with E-state index in [9.17, 15) is 23.6 Å². The highest BCUT2D eigenvalue weighted by molar-refractivity contribution is 5.98. The molecule has 9 nitrogen and oxygen atoms in total. The summed E-state index contributed by atoms with van der Waals surface area (Å²) in [5, 5.41) is 5.28. The van der Waals surface area contributed by atoms with Gasteiger partial charge in [0.1, 0.15) is 18.1 Å². The number of carbonyl (C=O) groups is 4. The maximum atomic E-state index is 14.0. The Kier molecular flexibility index (Phi) is 9.57. The second-order valence-electron chi connectivity index (χ2n) is 10.3. The SMILES string of the molecule is C[C@H](NC(=O)c1cccnc1)C(=O)NC(C=O)C[C@](N)(c1ccccc1)C1CCCCN(c2ccc(F)cc2)C1=O. The largest absolute Gasteiger partial charge is 0.345 e. The van der Waals surface area contributed by atoms with Crippen LogP contribution in [0.1, 0.15) is 48.5 Å². The molecule has 10 heteroatoms. The van der Waals surface area contributed by atoms with Gasteiger partial charge < -0.3 is 26.1 Å². The summed E-state index contributed by atoms with van der Waals surface area (Å²) in [5.74, 6) is -2.41. The number of nitrogens with two attached hydrogens (primary N) is 1. The van der Waals surface area contributed by atoms with Crippen molar-refractivity contribution in [3.63, 3.8) is 0 Å². The molecule has 3 aromatic rings. The normalized spacial score (nSPS) is 18.4. The van der Waals surface area contributed by atoms with Gasteiger partial charge in [-0.05, 0) is 68.1 Å². The van der Waals surface area contributed by atoms with Gasteiger partial charge in [0.15, 0.2) is 0 Å². The van der Waals surface area contributed by atoms with Crippen molar-refractivity contribution in [2.24, 2.45) is 11.7 Å². The highest BCUT2D eigenvalue weighted by Gasteiger charge is 2.45. The molecular formula is C31H34FN5O4. The first-order valence-corrected chi connectivity index (χ1v) is 13.6. The van der Waals surface area contributed by atoms with Gasteiger partial charge in [0, 0.05) is 24.6 Å². The number of aldehydes is 1. The van der Waals surface area contributed by atoms with Crippen molar-refractivity contribution in [3.8, 4) is 0 Å². The maximum absolute atomic E-state index is 14.0. The first-order valence-electron chi connectivity index (χ1n) is 13.6. The van der Waals surface area contributed by atoms with Crippen molar-refractivity contribution in [2.75, 3.05) is 11.4 Å². The van der Waals surface area contributed by atoms with E-state index in [4.69, 9.17) is 5.73 Å². The highest BCUT2D eigenvalue weighted by Crippen LogP contribution is 2.38. The lowest BCUT2D eigenvalue weighted by Crippen LogP contribution is -2.56. The molecule has 0 radical (unpaired) electrons. The fourth-order valence-corrected chi connectivity index (χ4v) is 5.25. The zero-order valence-corrected chi connectivity index (χ0v) is 22.8. The molecule has 0 aliphatic carbocycles. The topological polar surface area (TPSA) is 134 Å². The molecular weight excluding hydrogens is 525 g/mol. The molecule has 214 valence electrons. The molecule has 0 bridgehead atoms. The molecule has 2 unspecified atom stereocenters. The van der Waals surface area contributed by atoms with Crippen LogP contribution in [0, 0.1) is 11.7 Å². The highest BCUT2D eigenvalue weighted by atomic mass is 19.1. The van der Waals surface area contributed by atoms with Crippen LogP contribution in [0.4, 0.5) is 10.1 Å². The summed E-state index contributed by atoms with van der Waals surface area (Å²) in [4.78, 5) is 57.3. The predicted molar refractivity (Wildman–Crippen MR) is 152 cm³/mol. The van der Waals surface area contributed by atoms with Crippen LogP contribution < -0.4 is 21.3 Å². The van der Waals surface area contributed by atoms with Crippen molar-refractivity contribution in [1.82, 2.24) is 15.6 Å². The summed E-state index contributed by atoms with van der Waals surface area (Å²) in [6.07, 6.45) is 5.38. The van der Waals surface area contributed by atoms with E-state index in [1.54, 1.807) is 53.4 Å². The number of anilines is 1. The first-order chi connectivity index (χ1) is 19.7. The Hall–Kier alpha value is -4.44. The first kappa shape index (κ1) is 29.5. The molecule has 4 atom stereocenters. The van der Waals surface area contributed by atoms with Crippen molar-refractivity contribution in [3.05, 3.63) is 96.1 Å². The Bertz CT molecular complexity index is 1360. The van der Waals surface area contributed by atoms with Crippen molar-refractivity contribution < 1.29 is 23.6 Å². The van der Waals surface area contributed by atoms with Gasteiger partial charge >= 0.3 is 0 Å². The summed E-state index contributed by atoms with van der Waals surface area (Å²) in [6, 6.07) is 16.0. The van der Waals surface area contributed by atoms with Crippen molar-refractivity contribution in [1.29, 1.82) is 0 Å². The fourth-order valence-electron chi connectivity index (χ4n) is 5.25. The van der Waals surface area contributed by atoms with Gasteiger partial charge in [-0.1, -0.05) is 36.8 Å². The standard InChI is InChI=1S/C31H34FN5O4/c1-21(35-29(40)22-8-7-16-34-19-22)28(39)36-25(20-38)18-31(33,23-9-3-2-4-10-23)27-11-5-6-17-37(30(27)41)26-14-12-24(32)13-15-26/h2-4,7-10,12-16,19-21,25,27H,5-6,11,17-18,33H2,1H3,(H,35,40)(H,36,39)/t21-,25?,27?,31-/m0/s1. The lowest BCUT2D eigenvalue weighted by atomic mass is 9.72. The third kappa shape index (κ3) is 7.01. The zero-order valence-electron chi connectivity index (χ0n) is 22.8. The van der Waals surface area contributed by atoms with Crippen molar-refractivity contribution in [2.45, 2.75) is 50.2 Å². The summed E-state index contributed by atoms with van der Waals surface area (Å²) in [5.41, 5.74) is 7.30. The minimum absolute atomic E-state index is 0.0524. The molecule has 3 amide bonds. The van der Waals surface area contributed by atoms with E-state index in [1.807, 2.05) is 6.07 Å². The van der Waals surface area contributed by atoms with Crippen LogP contribution in [0.25, 0.3) is 0 Å². The van der Waals surface area contributed by atoms with Crippen LogP contribution in [-0.2, 0) is 19.9 Å². The maximum Gasteiger partial charge on any atom is 0.253 e. The summed E-state index contributed by atoms with van der Waals surface area (Å²) in [7, 11) is 0. The van der Waals surface area contributed by atoms with Crippen LogP contribution in [0.5, 0.6) is 0 Å². The van der Waals surface area contributed by atoms with E-state index < -0.39 is 41.2 Å². The molecule has 1 fully saturated rings. The molecule has 1 aliphatic heterocycles. The Morgan fingerprint density at radius 3 is 2.49 bits per heavy atom. The van der Waals surface area contributed by atoms with Gasteiger partial charge in [-0.3, -0.25) is 19.4 Å². The summed E-state index contributed by atoms with van der Waals surface area (Å²) >= 11 is 0. The molecule has 0 saturated carbocycles. The smallest absolute Gasteiger partial charge is 0.253 e. The van der Waals surface area contributed by atoms with Gasteiger partial charge in [-0.15, -0.1) is 0 Å². The van der Waals surface area contributed by atoms with E-state index in [0.717, 1.165) is 12.8 Å².